The van der Waals surface area contributed by atoms with Crippen molar-refractivity contribution in [2.75, 3.05) is 5.73 Å². The molecular weight excluding hydrogens is 473 g/mol. The van der Waals surface area contributed by atoms with Crippen LogP contribution in [0.15, 0.2) is 59.5 Å². The number of nitrogens with two attached hydrogens (primary N) is 2. The number of fused-ring (bicyclic) bond motifs is 1. The van der Waals surface area contributed by atoms with Crippen molar-refractivity contribution in [3.63, 3.8) is 0 Å². The molecule has 188 valence electrons. The fourth-order valence-corrected chi connectivity index (χ4v) is 5.01. The number of rotatable bonds is 5. The van der Waals surface area contributed by atoms with E-state index in [1.807, 2.05) is 22.9 Å². The first-order valence-electron chi connectivity index (χ1n) is 12.1. The Morgan fingerprint density at radius 3 is 2.57 bits per heavy atom. The van der Waals surface area contributed by atoms with Crippen molar-refractivity contribution in [1.82, 2.24) is 14.8 Å². The Morgan fingerprint density at radius 1 is 1.14 bits per heavy atom. The maximum absolute atomic E-state index is 14.0. The Hall–Kier alpha value is -4.58. The van der Waals surface area contributed by atoms with Gasteiger partial charge in [-0.05, 0) is 67.4 Å². The monoisotopic (exact) mass is 499 g/mol. The zero-order valence-electron chi connectivity index (χ0n) is 20.0. The van der Waals surface area contributed by atoms with Gasteiger partial charge in [-0.3, -0.25) is 9.59 Å². The molecule has 4 aromatic rings. The van der Waals surface area contributed by atoms with Crippen LogP contribution in [-0.2, 0) is 4.79 Å². The third-order valence-electron chi connectivity index (χ3n) is 6.82. The van der Waals surface area contributed by atoms with Crippen molar-refractivity contribution in [2.45, 2.75) is 38.1 Å². The van der Waals surface area contributed by atoms with E-state index in [1.165, 1.54) is 6.07 Å². The van der Waals surface area contributed by atoms with E-state index in [2.05, 4.69) is 22.0 Å². The quantitative estimate of drug-likeness (QED) is 0.348. The lowest BCUT2D eigenvalue weighted by atomic mass is 9.84. The Bertz CT molecular complexity index is 1570. The fraction of sp³-hybridized carbons (Fsp3) is 0.250. The normalized spacial score (nSPS) is 17.2. The number of carbonyl (C=O) groups is 1. The maximum Gasteiger partial charge on any atom is 0.293 e. The van der Waals surface area contributed by atoms with Crippen LogP contribution in [0.25, 0.3) is 22.0 Å². The molecule has 0 saturated heterocycles. The van der Waals surface area contributed by atoms with E-state index >= 15 is 0 Å². The Morgan fingerprint density at radius 2 is 1.86 bits per heavy atom. The average molecular weight is 500 g/mol. The summed E-state index contributed by atoms with van der Waals surface area (Å²) in [6.45, 7) is 0. The predicted molar refractivity (Wildman–Crippen MR) is 139 cm³/mol. The van der Waals surface area contributed by atoms with E-state index in [-0.39, 0.29) is 23.2 Å². The average Bonchev–Trinajstić information content (AvgIpc) is 3.30. The van der Waals surface area contributed by atoms with Crippen LogP contribution in [0.3, 0.4) is 0 Å². The Kier molecular flexibility index (Phi) is 6.64. The van der Waals surface area contributed by atoms with Crippen LogP contribution in [0, 0.1) is 23.6 Å². The second-order valence-corrected chi connectivity index (χ2v) is 9.21. The largest absolute Gasteiger partial charge is 0.454 e. The van der Waals surface area contributed by atoms with Crippen molar-refractivity contribution < 1.29 is 13.9 Å². The van der Waals surface area contributed by atoms with Gasteiger partial charge in [0.15, 0.2) is 17.4 Å². The Labute approximate surface area is 212 Å². The maximum atomic E-state index is 14.0. The summed E-state index contributed by atoms with van der Waals surface area (Å²) < 4.78 is 21.7. The number of anilines is 1. The number of nitrogen functional groups attached to an aromatic ring is 1. The zero-order chi connectivity index (χ0) is 25.9. The molecule has 0 aliphatic heterocycles. The van der Waals surface area contributed by atoms with Gasteiger partial charge >= 0.3 is 0 Å². The minimum Gasteiger partial charge on any atom is -0.454 e. The molecule has 9 heteroatoms. The summed E-state index contributed by atoms with van der Waals surface area (Å²) in [5.41, 5.74) is 13.2. The molecule has 8 nitrogen and oxygen atoms in total. The third kappa shape index (κ3) is 5.05. The summed E-state index contributed by atoms with van der Waals surface area (Å²) in [6, 6.07) is 13.5. The summed E-state index contributed by atoms with van der Waals surface area (Å²) >= 11 is 0. The summed E-state index contributed by atoms with van der Waals surface area (Å²) in [5, 5.41) is 7.11. The molecule has 0 bridgehead atoms. The smallest absolute Gasteiger partial charge is 0.293 e. The predicted octanol–water partition coefficient (Wildman–Crippen LogP) is 4.52. The number of aromatic amines is 1. The summed E-state index contributed by atoms with van der Waals surface area (Å²) in [6.07, 6.45) is 6.17. The van der Waals surface area contributed by atoms with Gasteiger partial charge in [-0.1, -0.05) is 30.2 Å². The van der Waals surface area contributed by atoms with Gasteiger partial charge in [0, 0.05) is 24.2 Å². The van der Waals surface area contributed by atoms with Gasteiger partial charge in [0.1, 0.15) is 11.3 Å². The number of ether oxygens (including phenoxy) is 1. The van der Waals surface area contributed by atoms with Crippen LogP contribution in [0.2, 0.25) is 0 Å². The molecule has 2 aromatic carbocycles. The molecule has 37 heavy (non-hydrogen) atoms. The summed E-state index contributed by atoms with van der Waals surface area (Å²) in [5.74, 6) is 5.46. The number of benzene rings is 2. The van der Waals surface area contributed by atoms with E-state index in [1.54, 1.807) is 30.3 Å². The first-order chi connectivity index (χ1) is 17.9. The first kappa shape index (κ1) is 24.1. The number of para-hydroxylation sites is 1. The van der Waals surface area contributed by atoms with Crippen LogP contribution in [0.5, 0.6) is 11.5 Å². The third-order valence-corrected chi connectivity index (χ3v) is 6.82. The summed E-state index contributed by atoms with van der Waals surface area (Å²) in [7, 11) is 0. The number of nitrogens with one attached hydrogen (secondary N) is 1. The Balaban J connectivity index is 1.43. The lowest BCUT2D eigenvalue weighted by Crippen LogP contribution is -2.21. The first-order valence-corrected chi connectivity index (χ1v) is 12.1. The number of carbonyl (C=O) groups excluding carboxylic acids is 1. The topological polar surface area (TPSA) is 129 Å². The van der Waals surface area contributed by atoms with Crippen LogP contribution in [0.4, 0.5) is 10.2 Å². The van der Waals surface area contributed by atoms with Crippen LogP contribution < -0.4 is 21.8 Å². The van der Waals surface area contributed by atoms with E-state index in [0.29, 0.717) is 29.0 Å². The molecule has 1 aliphatic carbocycles. The molecule has 0 unspecified atom stereocenters. The van der Waals surface area contributed by atoms with E-state index in [9.17, 15) is 14.0 Å². The number of primary amides is 1. The van der Waals surface area contributed by atoms with Crippen molar-refractivity contribution in [1.29, 1.82) is 0 Å². The molecule has 5 rings (SSSR count). The SMILES string of the molecule is NC(=O)C#CCC1CCC(n2cc(-c3ccc(Oc4ccccc4F)cc3)c3c(N)n[nH]c(=O)c32)CC1. The van der Waals surface area contributed by atoms with Gasteiger partial charge in [-0.25, -0.2) is 9.49 Å². The molecule has 0 spiro atoms. The number of hydrogen-bond acceptors (Lipinski definition) is 5. The van der Waals surface area contributed by atoms with Crippen molar-refractivity contribution >= 4 is 22.6 Å². The highest BCUT2D eigenvalue weighted by atomic mass is 19.1. The molecule has 0 atom stereocenters. The van der Waals surface area contributed by atoms with Gasteiger partial charge in [-0.15, -0.1) is 0 Å². The molecule has 5 N–H and O–H groups in total. The second kappa shape index (κ2) is 10.2. The molecule has 1 fully saturated rings. The van der Waals surface area contributed by atoms with Gasteiger partial charge in [0.05, 0.1) is 5.39 Å². The van der Waals surface area contributed by atoms with Crippen LogP contribution in [-0.4, -0.2) is 20.7 Å². The highest BCUT2D eigenvalue weighted by Gasteiger charge is 2.26. The zero-order valence-corrected chi connectivity index (χ0v) is 20.0. The molecule has 0 radical (unpaired) electrons. The van der Waals surface area contributed by atoms with E-state index < -0.39 is 11.7 Å². The van der Waals surface area contributed by atoms with Crippen LogP contribution in [0.1, 0.15) is 38.1 Å². The number of nitrogens with zero attached hydrogens (tertiary/aromatic N) is 2. The number of amides is 1. The minimum absolute atomic E-state index is 0.114. The highest BCUT2D eigenvalue weighted by Crippen LogP contribution is 2.40. The van der Waals surface area contributed by atoms with E-state index in [4.69, 9.17) is 16.2 Å². The number of H-pyrrole nitrogens is 1. The lowest BCUT2D eigenvalue weighted by molar-refractivity contribution is -0.112. The number of aromatic nitrogens is 3. The standard InChI is InChI=1S/C28H26FN5O3/c29-22-5-1-2-6-23(22)37-20-14-10-18(11-15-20)21-16-34(26-25(21)27(31)32-33-28(26)36)19-12-8-17(9-13-19)4-3-7-24(30)35/h1-2,5-6,10-11,14-17,19H,4,8-9,12-13H2,(H2,30,35)(H2,31,32)(H,33,36). The van der Waals surface area contributed by atoms with Gasteiger partial charge < -0.3 is 20.8 Å². The van der Waals surface area contributed by atoms with Crippen molar-refractivity contribution in [2.24, 2.45) is 11.7 Å². The van der Waals surface area contributed by atoms with Crippen molar-refractivity contribution in [3.8, 4) is 34.5 Å². The number of hydrogen-bond donors (Lipinski definition) is 3. The molecule has 1 amide bonds. The molecule has 1 aliphatic rings. The second-order valence-electron chi connectivity index (χ2n) is 9.21. The minimum atomic E-state index is -0.614. The lowest BCUT2D eigenvalue weighted by Gasteiger charge is -2.29. The van der Waals surface area contributed by atoms with E-state index in [0.717, 1.165) is 36.8 Å². The molecule has 2 heterocycles. The van der Waals surface area contributed by atoms with Gasteiger partial charge in [-0.2, -0.15) is 5.10 Å². The molecule has 2 aromatic heterocycles. The fourth-order valence-electron chi connectivity index (χ4n) is 5.01. The molecule has 1 saturated carbocycles. The number of halogens is 1. The van der Waals surface area contributed by atoms with Crippen LogP contribution >= 0.6 is 0 Å². The highest BCUT2D eigenvalue weighted by molar-refractivity contribution is 6.02. The van der Waals surface area contributed by atoms with Gasteiger partial charge in [0.25, 0.3) is 11.5 Å². The summed E-state index contributed by atoms with van der Waals surface area (Å²) in [4.78, 5) is 23.8. The van der Waals surface area contributed by atoms with Crippen molar-refractivity contribution in [3.05, 3.63) is 70.9 Å². The molecular formula is C28H26FN5O3. The van der Waals surface area contributed by atoms with Gasteiger partial charge in [0.2, 0.25) is 0 Å².